The van der Waals surface area contributed by atoms with Crippen LogP contribution in [-0.4, -0.2) is 284 Å². The minimum absolute atomic E-state index is 0.0142. The summed E-state index contributed by atoms with van der Waals surface area (Å²) in [5, 5.41) is 80.4. The quantitative estimate of drug-likeness (QED) is 0.104. The molecule has 94 heavy (non-hydrogen) atoms. The number of aliphatic hydroxyl groups excluding tert-OH is 5. The van der Waals surface area contributed by atoms with Crippen molar-refractivity contribution in [1.82, 2.24) is 0 Å². The average molecular weight is 1390 g/mol. The number of methoxy groups -OCH3 is 3. The lowest BCUT2D eigenvalue weighted by Crippen LogP contribution is -2.72. The van der Waals surface area contributed by atoms with Crippen molar-refractivity contribution in [3.8, 4) is 11.5 Å². The van der Waals surface area contributed by atoms with Gasteiger partial charge in [-0.1, -0.05) is 37.0 Å². The number of ketones is 1. The number of carbonyl (C=O) groups excluding carboxylic acids is 3. The van der Waals surface area contributed by atoms with Crippen molar-refractivity contribution < 1.29 is 154 Å². The molecule has 11 rings (SSSR count). The normalized spacial score (nSPS) is 47.7. The third kappa shape index (κ3) is 13.0. The SMILES string of the molecule is COC[C@H]1O[C@@H](OC2OC[C@@H]3OC4(O[C@H]3[C@H]2OC(=O)C(C)C)O[C@H](C)[C@@](O)(C(C)=O)[C@@H]2OCO[C@H]24)[C@@H](O)[C@@H](O)[C@@H]1O[C@@H]1O[C@H](C)[C@H](OC)C(OC2C[C@@]3(C)OC4(C[C@@H](O)[C@H](OC5C[C@@H](O)[C@H](OC(=O)c6c(C)c(Cl)c(O)c(Cl)c6OC)[C@@H](C)O5)[C@@H](C)O4)O[C@@H]3[C@@H](C)O2)C1O. The van der Waals surface area contributed by atoms with Crippen LogP contribution in [0.5, 0.6) is 11.5 Å². The van der Waals surface area contributed by atoms with Gasteiger partial charge in [-0.05, 0) is 61.0 Å². The number of benzene rings is 1. The van der Waals surface area contributed by atoms with Crippen molar-refractivity contribution in [2.75, 3.05) is 41.3 Å². The molecule has 0 amide bonds. The van der Waals surface area contributed by atoms with Crippen molar-refractivity contribution in [3.05, 3.63) is 21.2 Å². The summed E-state index contributed by atoms with van der Waals surface area (Å²) in [4.78, 5) is 39.7. The lowest BCUT2D eigenvalue weighted by atomic mass is 9.81. The van der Waals surface area contributed by atoms with Crippen LogP contribution < -0.4 is 4.74 Å². The van der Waals surface area contributed by atoms with E-state index in [0.717, 1.165) is 0 Å². The van der Waals surface area contributed by atoms with E-state index >= 15 is 0 Å². The second-order valence-electron chi connectivity index (χ2n) is 26.0. The van der Waals surface area contributed by atoms with Crippen LogP contribution in [0.2, 0.25) is 10.0 Å². The molecule has 10 aliphatic heterocycles. The number of rotatable bonds is 17. The third-order valence-corrected chi connectivity index (χ3v) is 20.0. The number of phenolic OH excluding ortho intramolecular Hbond substituents is 1. The highest BCUT2D eigenvalue weighted by Crippen LogP contribution is 2.53. The molecule has 0 saturated carbocycles. The number of Topliss-reactive ketones (excluding diaryl/α,β-unsaturated/α-hetero) is 1. The van der Waals surface area contributed by atoms with E-state index in [0.29, 0.717) is 0 Å². The molecule has 10 saturated heterocycles. The molecule has 532 valence electrons. The maximum absolute atomic E-state index is 13.5. The van der Waals surface area contributed by atoms with Gasteiger partial charge >= 0.3 is 17.9 Å². The van der Waals surface area contributed by atoms with Crippen LogP contribution in [0.25, 0.3) is 0 Å². The monoisotopic (exact) mass is 1390 g/mol. The lowest BCUT2D eigenvalue weighted by Gasteiger charge is -2.49. The van der Waals surface area contributed by atoms with E-state index in [1.165, 1.54) is 42.1 Å². The molecule has 10 fully saturated rings. The number of aliphatic hydroxyl groups is 6. The molecule has 0 aromatic heterocycles. The molecule has 0 aliphatic carbocycles. The maximum Gasteiger partial charge on any atom is 0.342 e. The summed E-state index contributed by atoms with van der Waals surface area (Å²) in [6.45, 7) is 14.7. The fourth-order valence-corrected chi connectivity index (χ4v) is 14.8. The number of hydrogen-bond donors (Lipinski definition) is 7. The molecular weight excluding hydrogens is 1300 g/mol. The number of aromatic hydroxyl groups is 1. The van der Waals surface area contributed by atoms with Crippen LogP contribution in [0.3, 0.4) is 0 Å². The summed E-state index contributed by atoms with van der Waals surface area (Å²) in [7, 11) is 4.00. The fraction of sp³-hybridized carbons (Fsp3) is 0.850. The molecule has 7 N–H and O–H groups in total. The highest BCUT2D eigenvalue weighted by molar-refractivity contribution is 6.39. The molecule has 7 unspecified atom stereocenters. The standard InChI is InChI=1S/C60H86Cl2O32/c1-20(2)52(70)86-48-45-31(91-60(92-45)51-50(77-19-78-51)59(72,26(8)63)27(9)90-60)18-76-56(48)88-54-39(68)38(67)44(30(82-54)17-73-11)87-55-40(69)47(43(74-12)23(5)81-55)84-33-16-57(10)49(25(7)80-33)93-58(94-57)15-29(65)42(24(6)89-58)83-32-14-28(64)41(22(4)79-32)85-53(71)34-21(3)35(61)37(66)36(62)46(34)75-13/h20,22-25,27-33,38-45,47-51,54-56,64-69,72H,14-19H2,1-13H3/t22-,23-,24-,25-,27-,28-,29-,30-,31+,32?,33?,38-,39+,40?,41-,42-,43+,44-,45-,47?,48-,49-,50-,51-,54+,55+,56?,57-,58?,59+,60?/m1/s1. The summed E-state index contributed by atoms with van der Waals surface area (Å²) >= 11 is 12.5. The van der Waals surface area contributed by atoms with Gasteiger partial charge in [0.2, 0.25) is 6.29 Å². The molecule has 10 aliphatic rings. The van der Waals surface area contributed by atoms with Crippen molar-refractivity contribution in [1.29, 1.82) is 0 Å². The van der Waals surface area contributed by atoms with Gasteiger partial charge in [-0.15, -0.1) is 0 Å². The number of halogens is 2. The third-order valence-electron chi connectivity index (χ3n) is 19.1. The predicted molar refractivity (Wildman–Crippen MR) is 308 cm³/mol. The van der Waals surface area contributed by atoms with E-state index in [1.807, 2.05) is 0 Å². The molecule has 0 radical (unpaired) electrons. The number of phenols is 1. The van der Waals surface area contributed by atoms with Crippen molar-refractivity contribution in [2.45, 2.75) is 277 Å². The number of esters is 2. The van der Waals surface area contributed by atoms with Crippen molar-refractivity contribution >= 4 is 40.9 Å². The smallest absolute Gasteiger partial charge is 0.342 e. The lowest BCUT2D eigenvalue weighted by molar-refractivity contribution is -0.428. The van der Waals surface area contributed by atoms with Crippen molar-refractivity contribution in [3.63, 3.8) is 0 Å². The molecule has 10 heterocycles. The van der Waals surface area contributed by atoms with Crippen LogP contribution in [0, 0.1) is 12.8 Å². The summed E-state index contributed by atoms with van der Waals surface area (Å²) in [5.74, 6) is -7.53. The van der Waals surface area contributed by atoms with Gasteiger partial charge in [0.1, 0.15) is 96.2 Å². The number of fused-ring (bicyclic) bond motifs is 4. The second kappa shape index (κ2) is 27.9. The largest absolute Gasteiger partial charge is 0.505 e. The molecule has 31 atom stereocenters. The van der Waals surface area contributed by atoms with Crippen LogP contribution in [0.15, 0.2) is 0 Å². The highest BCUT2D eigenvalue weighted by atomic mass is 35.5. The maximum atomic E-state index is 13.5. The Labute approximate surface area is 550 Å². The van der Waals surface area contributed by atoms with Crippen molar-refractivity contribution in [2.24, 2.45) is 5.92 Å². The number of ether oxygens (including phenoxy) is 22. The first kappa shape index (κ1) is 72.3. The first-order valence-electron chi connectivity index (χ1n) is 31.3. The van der Waals surface area contributed by atoms with Crippen LogP contribution >= 0.6 is 23.2 Å². The Morgan fingerprint density at radius 3 is 2.00 bits per heavy atom. The molecule has 2 spiro atoms. The predicted octanol–water partition coefficient (Wildman–Crippen LogP) is 0.398. The van der Waals surface area contributed by atoms with Gasteiger partial charge < -0.3 is 140 Å². The minimum atomic E-state index is -2.14. The van der Waals surface area contributed by atoms with Gasteiger partial charge in [0, 0.05) is 27.1 Å². The topological polar surface area (TPSA) is 396 Å². The van der Waals surface area contributed by atoms with Crippen LogP contribution in [0.1, 0.15) is 97.5 Å². The Morgan fingerprint density at radius 1 is 0.660 bits per heavy atom. The minimum Gasteiger partial charge on any atom is -0.505 e. The van der Waals surface area contributed by atoms with Crippen LogP contribution in [-0.2, 0) is 109 Å². The van der Waals surface area contributed by atoms with E-state index < -0.39 is 218 Å². The average Bonchev–Trinajstić information content (AvgIpc) is 1.51. The Hall–Kier alpha value is -2.99. The summed E-state index contributed by atoms with van der Waals surface area (Å²) in [6.07, 6.45) is -34.6. The van der Waals surface area contributed by atoms with Gasteiger partial charge in [0.05, 0.1) is 80.4 Å². The summed E-state index contributed by atoms with van der Waals surface area (Å²) in [5.41, 5.74) is -3.37. The van der Waals surface area contributed by atoms with E-state index in [-0.39, 0.29) is 66.2 Å². The summed E-state index contributed by atoms with van der Waals surface area (Å²) in [6, 6.07) is 0. The molecule has 1 aromatic rings. The molecule has 1 aromatic carbocycles. The zero-order valence-corrected chi connectivity index (χ0v) is 55.5. The molecule has 34 heteroatoms. The zero-order chi connectivity index (χ0) is 68.2. The first-order valence-corrected chi connectivity index (χ1v) is 32.1. The molecule has 0 bridgehead atoms. The summed E-state index contributed by atoms with van der Waals surface area (Å²) < 4.78 is 135. The van der Waals surface area contributed by atoms with Gasteiger partial charge in [-0.25, -0.2) is 4.79 Å². The van der Waals surface area contributed by atoms with Crippen LogP contribution in [0.4, 0.5) is 0 Å². The number of hydrogen-bond acceptors (Lipinski definition) is 32. The molecular formula is C60H86Cl2O32. The van der Waals surface area contributed by atoms with Gasteiger partial charge in [0.15, 0.2) is 66.4 Å². The fourth-order valence-electron chi connectivity index (χ4n) is 14.3. The number of carbonyl (C=O) groups is 3. The molecule has 32 nitrogen and oxygen atoms in total. The van der Waals surface area contributed by atoms with Gasteiger partial charge in [-0.2, -0.15) is 0 Å². The van der Waals surface area contributed by atoms with E-state index in [1.54, 1.807) is 48.5 Å². The Kier molecular flexibility index (Phi) is 21.4. The highest BCUT2D eigenvalue weighted by Gasteiger charge is 2.73. The Bertz CT molecular complexity index is 2870. The van der Waals surface area contributed by atoms with Gasteiger partial charge in [-0.3, -0.25) is 9.59 Å². The zero-order valence-electron chi connectivity index (χ0n) is 54.0. The van der Waals surface area contributed by atoms with E-state index in [9.17, 15) is 50.1 Å². The van der Waals surface area contributed by atoms with E-state index in [2.05, 4.69) is 0 Å². The second-order valence-corrected chi connectivity index (χ2v) is 26.8. The Morgan fingerprint density at radius 2 is 1.34 bits per heavy atom. The van der Waals surface area contributed by atoms with E-state index in [4.69, 9.17) is 127 Å². The Balaban J connectivity index is 0.715. The first-order chi connectivity index (χ1) is 44.3. The van der Waals surface area contributed by atoms with Gasteiger partial charge in [0.25, 0.3) is 5.97 Å².